The van der Waals surface area contributed by atoms with Gasteiger partial charge in [-0.3, -0.25) is 9.59 Å². The fourth-order valence-electron chi connectivity index (χ4n) is 3.38. The minimum absolute atomic E-state index is 0.107. The monoisotopic (exact) mass is 363 g/mol. The van der Waals surface area contributed by atoms with Crippen molar-refractivity contribution in [2.45, 2.75) is 18.8 Å². The Morgan fingerprint density at radius 3 is 2.50 bits per heavy atom. The highest BCUT2D eigenvalue weighted by Crippen LogP contribution is 2.48. The highest BCUT2D eigenvalue weighted by molar-refractivity contribution is 5.97. The van der Waals surface area contributed by atoms with E-state index in [1.54, 1.807) is 0 Å². The minimum atomic E-state index is -1.25. The molecule has 1 saturated carbocycles. The maximum absolute atomic E-state index is 12.8. The molecule has 0 N–H and O–H groups in total. The quantitative estimate of drug-likeness (QED) is 0.556. The number of ether oxygens (including phenoxy) is 4. The Bertz CT molecular complexity index is 686. The van der Waals surface area contributed by atoms with Gasteiger partial charge in [0.1, 0.15) is 19.1 Å². The van der Waals surface area contributed by atoms with E-state index in [2.05, 4.69) is 0 Å². The van der Waals surface area contributed by atoms with Gasteiger partial charge in [-0.1, -0.05) is 30.3 Å². The zero-order valence-corrected chi connectivity index (χ0v) is 14.7. The van der Waals surface area contributed by atoms with Crippen LogP contribution in [0.15, 0.2) is 30.3 Å². The smallest absolute Gasteiger partial charge is 0.416 e. The number of hydrogen-bond acceptors (Lipinski definition) is 7. The highest BCUT2D eigenvalue weighted by atomic mass is 16.7. The zero-order valence-electron chi connectivity index (χ0n) is 14.7. The number of carbonyl (C=O) groups excluding carboxylic acids is 3. The van der Waals surface area contributed by atoms with Gasteiger partial charge in [-0.15, -0.1) is 0 Å². The normalized spacial score (nSPS) is 23.9. The molecule has 0 spiro atoms. The number of benzene rings is 1. The second-order valence-electron chi connectivity index (χ2n) is 6.21. The van der Waals surface area contributed by atoms with Gasteiger partial charge >= 0.3 is 12.1 Å². The van der Waals surface area contributed by atoms with Crippen molar-refractivity contribution in [1.82, 2.24) is 4.90 Å². The summed E-state index contributed by atoms with van der Waals surface area (Å²) in [6.45, 7) is 0.382. The molecule has 1 aromatic carbocycles. The summed E-state index contributed by atoms with van der Waals surface area (Å²) >= 11 is 0. The van der Waals surface area contributed by atoms with Gasteiger partial charge in [0, 0.05) is 20.6 Å². The van der Waals surface area contributed by atoms with Crippen LogP contribution in [0, 0.1) is 11.8 Å². The Hall–Kier alpha value is -2.45. The van der Waals surface area contributed by atoms with E-state index in [0.717, 1.165) is 10.5 Å². The van der Waals surface area contributed by atoms with Crippen LogP contribution in [0.4, 0.5) is 4.79 Å². The third kappa shape index (κ3) is 3.17. The van der Waals surface area contributed by atoms with Crippen molar-refractivity contribution in [3.63, 3.8) is 0 Å². The Morgan fingerprint density at radius 1 is 1.23 bits per heavy atom. The molecule has 0 aromatic heterocycles. The van der Waals surface area contributed by atoms with Crippen LogP contribution in [-0.2, 0) is 35.1 Å². The lowest BCUT2D eigenvalue weighted by atomic mass is 9.66. The molecule has 26 heavy (non-hydrogen) atoms. The van der Waals surface area contributed by atoms with E-state index in [9.17, 15) is 14.4 Å². The standard InChI is InChI=1S/C18H21NO7/c1-23-18(24-2)10-13(14(18)15(20)19-8-9-25-17(19)22)16(21)26-11-12-6-4-3-5-7-12/h3-7,13-14H,8-11H2,1-2H3. The second-order valence-corrected chi connectivity index (χ2v) is 6.21. The van der Waals surface area contributed by atoms with Crippen molar-refractivity contribution in [1.29, 1.82) is 0 Å². The van der Waals surface area contributed by atoms with E-state index < -0.39 is 35.6 Å². The van der Waals surface area contributed by atoms with E-state index in [1.807, 2.05) is 30.3 Å². The van der Waals surface area contributed by atoms with E-state index in [1.165, 1.54) is 14.2 Å². The fourth-order valence-corrected chi connectivity index (χ4v) is 3.38. The molecule has 1 aliphatic heterocycles. The van der Waals surface area contributed by atoms with Crippen molar-refractivity contribution in [2.75, 3.05) is 27.4 Å². The molecule has 2 fully saturated rings. The number of nitrogens with zero attached hydrogens (tertiary/aromatic N) is 1. The molecule has 8 heteroatoms. The van der Waals surface area contributed by atoms with Gasteiger partial charge in [0.05, 0.1) is 12.5 Å². The summed E-state index contributed by atoms with van der Waals surface area (Å²) < 4.78 is 20.9. The van der Waals surface area contributed by atoms with Crippen molar-refractivity contribution in [3.05, 3.63) is 35.9 Å². The maximum Gasteiger partial charge on any atom is 0.416 e. The van der Waals surface area contributed by atoms with Gasteiger partial charge in [-0.2, -0.15) is 0 Å². The van der Waals surface area contributed by atoms with Gasteiger partial charge in [0.25, 0.3) is 0 Å². The van der Waals surface area contributed by atoms with Gasteiger partial charge < -0.3 is 18.9 Å². The number of carbonyl (C=O) groups is 3. The number of imide groups is 1. The third-order valence-corrected chi connectivity index (χ3v) is 4.89. The average Bonchev–Trinajstić information content (AvgIpc) is 3.07. The molecule has 8 nitrogen and oxygen atoms in total. The maximum atomic E-state index is 12.8. The first-order chi connectivity index (χ1) is 12.5. The highest BCUT2D eigenvalue weighted by Gasteiger charge is 2.64. The van der Waals surface area contributed by atoms with Crippen LogP contribution in [-0.4, -0.2) is 56.0 Å². The molecule has 0 radical (unpaired) electrons. The van der Waals surface area contributed by atoms with Crippen LogP contribution >= 0.6 is 0 Å². The van der Waals surface area contributed by atoms with Gasteiger partial charge in [0.2, 0.25) is 5.91 Å². The summed E-state index contributed by atoms with van der Waals surface area (Å²) in [6.07, 6.45) is -0.549. The molecular formula is C18H21NO7. The Kier molecular flexibility index (Phi) is 5.24. The number of methoxy groups -OCH3 is 2. The molecule has 0 bridgehead atoms. The molecule has 1 aromatic rings. The van der Waals surface area contributed by atoms with Crippen molar-refractivity contribution in [2.24, 2.45) is 11.8 Å². The molecule has 3 rings (SSSR count). The van der Waals surface area contributed by atoms with Crippen molar-refractivity contribution < 1.29 is 33.3 Å². The summed E-state index contributed by atoms with van der Waals surface area (Å²) in [5.74, 6) is -4.05. The summed E-state index contributed by atoms with van der Waals surface area (Å²) in [6, 6.07) is 9.24. The van der Waals surface area contributed by atoms with Crippen LogP contribution < -0.4 is 0 Å². The number of cyclic esters (lactones) is 1. The third-order valence-electron chi connectivity index (χ3n) is 4.89. The average molecular weight is 363 g/mol. The Labute approximate surface area is 150 Å². The number of amides is 2. The van der Waals surface area contributed by atoms with Gasteiger partial charge in [-0.25, -0.2) is 9.69 Å². The number of esters is 1. The molecule has 2 atom stereocenters. The SMILES string of the molecule is COC1(OC)CC(C(=O)OCc2ccccc2)C1C(=O)N1CCOC1=O. The van der Waals surface area contributed by atoms with E-state index in [-0.39, 0.29) is 26.2 Å². The van der Waals surface area contributed by atoms with Crippen LogP contribution in [0.5, 0.6) is 0 Å². The predicted molar refractivity (Wildman–Crippen MR) is 87.6 cm³/mol. The summed E-state index contributed by atoms with van der Waals surface area (Å²) in [5, 5.41) is 0. The van der Waals surface area contributed by atoms with E-state index >= 15 is 0 Å². The van der Waals surface area contributed by atoms with Crippen LogP contribution in [0.2, 0.25) is 0 Å². The molecular weight excluding hydrogens is 342 g/mol. The minimum Gasteiger partial charge on any atom is -0.461 e. The van der Waals surface area contributed by atoms with Crippen molar-refractivity contribution in [3.8, 4) is 0 Å². The van der Waals surface area contributed by atoms with Crippen LogP contribution in [0.3, 0.4) is 0 Å². The number of rotatable bonds is 6. The molecule has 140 valence electrons. The molecule has 2 unspecified atom stereocenters. The zero-order chi connectivity index (χ0) is 18.7. The molecule has 2 amide bonds. The summed E-state index contributed by atoms with van der Waals surface area (Å²) in [7, 11) is 2.80. The Morgan fingerprint density at radius 2 is 1.92 bits per heavy atom. The van der Waals surface area contributed by atoms with Crippen molar-refractivity contribution >= 4 is 18.0 Å². The molecule has 1 aliphatic carbocycles. The molecule has 2 aliphatic rings. The lowest BCUT2D eigenvalue weighted by Gasteiger charge is -2.50. The summed E-state index contributed by atoms with van der Waals surface area (Å²) in [5.41, 5.74) is 0.843. The molecule has 1 saturated heterocycles. The first kappa shape index (κ1) is 18.3. The largest absolute Gasteiger partial charge is 0.461 e. The fraction of sp³-hybridized carbons (Fsp3) is 0.500. The lowest BCUT2D eigenvalue weighted by Crippen LogP contribution is -2.64. The van der Waals surface area contributed by atoms with Gasteiger partial charge in [-0.05, 0) is 5.56 Å². The lowest BCUT2D eigenvalue weighted by molar-refractivity contribution is -0.302. The van der Waals surface area contributed by atoms with Gasteiger partial charge in [0.15, 0.2) is 5.79 Å². The Balaban J connectivity index is 1.72. The van der Waals surface area contributed by atoms with Crippen LogP contribution in [0.1, 0.15) is 12.0 Å². The number of hydrogen-bond donors (Lipinski definition) is 0. The second kappa shape index (κ2) is 7.43. The topological polar surface area (TPSA) is 91.4 Å². The van der Waals surface area contributed by atoms with E-state index in [0.29, 0.717) is 0 Å². The summed E-state index contributed by atoms with van der Waals surface area (Å²) in [4.78, 5) is 38.0. The first-order valence-electron chi connectivity index (χ1n) is 8.31. The molecule has 1 heterocycles. The first-order valence-corrected chi connectivity index (χ1v) is 8.31. The van der Waals surface area contributed by atoms with Crippen LogP contribution in [0.25, 0.3) is 0 Å². The van der Waals surface area contributed by atoms with E-state index in [4.69, 9.17) is 18.9 Å². The predicted octanol–water partition coefficient (Wildman–Crippen LogP) is 1.33.